The maximum absolute atomic E-state index is 12.8. The highest BCUT2D eigenvalue weighted by atomic mass is 32.2. The van der Waals surface area contributed by atoms with Crippen LogP contribution in [-0.2, 0) is 11.3 Å². The first-order valence-electron chi connectivity index (χ1n) is 8.05. The Bertz CT molecular complexity index is 872. The van der Waals surface area contributed by atoms with Gasteiger partial charge in [0, 0.05) is 18.0 Å². The van der Waals surface area contributed by atoms with Crippen molar-refractivity contribution in [2.24, 2.45) is 0 Å². The molecule has 0 fully saturated rings. The standard InChI is InChI=1S/C16H22N4O3S2/c1-6-17-15(23)18-12(21)10(5)25-16-19-13-11(8(3)9(4)24-13)14(22)20(16)7-2/h10H,6-7H2,1-5H3,(H2,17,18,21,23). The average molecular weight is 383 g/mol. The van der Waals surface area contributed by atoms with E-state index in [0.29, 0.717) is 28.5 Å². The van der Waals surface area contributed by atoms with Gasteiger partial charge in [-0.2, -0.15) is 0 Å². The minimum Gasteiger partial charge on any atom is -0.338 e. The van der Waals surface area contributed by atoms with Gasteiger partial charge in [-0.3, -0.25) is 19.5 Å². The highest BCUT2D eigenvalue weighted by molar-refractivity contribution is 8.00. The number of thiophene rings is 1. The normalized spacial score (nSPS) is 12.2. The predicted octanol–water partition coefficient (Wildman–Crippen LogP) is 2.42. The fourth-order valence-electron chi connectivity index (χ4n) is 2.31. The van der Waals surface area contributed by atoms with Crippen LogP contribution < -0.4 is 16.2 Å². The summed E-state index contributed by atoms with van der Waals surface area (Å²) in [5.74, 6) is -0.425. The SMILES string of the molecule is CCNC(=O)NC(=O)C(C)Sc1nc2sc(C)c(C)c2c(=O)n1CC. The molecule has 0 bridgehead atoms. The molecule has 0 aliphatic rings. The Hall–Kier alpha value is -1.87. The van der Waals surface area contributed by atoms with E-state index in [1.54, 1.807) is 18.4 Å². The summed E-state index contributed by atoms with van der Waals surface area (Å²) < 4.78 is 1.57. The summed E-state index contributed by atoms with van der Waals surface area (Å²) in [4.78, 5) is 42.7. The van der Waals surface area contributed by atoms with Crippen molar-refractivity contribution in [1.82, 2.24) is 20.2 Å². The summed E-state index contributed by atoms with van der Waals surface area (Å²) in [6.07, 6.45) is 0. The van der Waals surface area contributed by atoms with Gasteiger partial charge in [-0.05, 0) is 40.2 Å². The molecule has 2 N–H and O–H groups in total. The summed E-state index contributed by atoms with van der Waals surface area (Å²) in [5, 5.41) is 5.36. The molecule has 2 aromatic rings. The number of nitrogens with one attached hydrogen (secondary N) is 2. The number of aryl methyl sites for hydroxylation is 2. The number of nitrogens with zero attached hydrogens (tertiary/aromatic N) is 2. The minimum atomic E-state index is -0.563. The molecule has 0 aromatic carbocycles. The summed E-state index contributed by atoms with van der Waals surface area (Å²) in [5.41, 5.74) is 0.867. The third-order valence-corrected chi connectivity index (χ3v) is 5.99. The Labute approximate surface area is 154 Å². The van der Waals surface area contributed by atoms with Gasteiger partial charge in [-0.1, -0.05) is 11.8 Å². The highest BCUT2D eigenvalue weighted by Gasteiger charge is 2.22. The molecule has 9 heteroatoms. The molecule has 0 aliphatic carbocycles. The van der Waals surface area contributed by atoms with Crippen molar-refractivity contribution in [2.45, 2.75) is 51.6 Å². The first-order valence-corrected chi connectivity index (χ1v) is 9.75. The number of rotatable bonds is 5. The molecule has 1 atom stereocenters. The largest absolute Gasteiger partial charge is 0.338 e. The molecular weight excluding hydrogens is 360 g/mol. The van der Waals surface area contributed by atoms with Gasteiger partial charge in [0.1, 0.15) is 4.83 Å². The summed E-state index contributed by atoms with van der Waals surface area (Å²) in [7, 11) is 0. The Kier molecular flexibility index (Phi) is 6.23. The second-order valence-electron chi connectivity index (χ2n) is 5.52. The Morgan fingerprint density at radius 1 is 1.32 bits per heavy atom. The van der Waals surface area contributed by atoms with E-state index in [-0.39, 0.29) is 5.56 Å². The Balaban J connectivity index is 2.33. The number of imide groups is 1. The van der Waals surface area contributed by atoms with E-state index in [0.717, 1.165) is 10.4 Å². The number of fused-ring (bicyclic) bond motifs is 1. The molecule has 0 saturated carbocycles. The molecule has 0 spiro atoms. The van der Waals surface area contributed by atoms with E-state index in [9.17, 15) is 14.4 Å². The monoisotopic (exact) mass is 382 g/mol. The smallest absolute Gasteiger partial charge is 0.321 e. The van der Waals surface area contributed by atoms with Gasteiger partial charge in [-0.15, -0.1) is 11.3 Å². The van der Waals surface area contributed by atoms with Gasteiger partial charge in [0.25, 0.3) is 5.56 Å². The second kappa shape index (κ2) is 8.01. The molecule has 3 amide bonds. The van der Waals surface area contributed by atoms with Crippen LogP contribution in [0.2, 0.25) is 0 Å². The lowest BCUT2D eigenvalue weighted by molar-refractivity contribution is -0.119. The van der Waals surface area contributed by atoms with Gasteiger partial charge in [0.2, 0.25) is 5.91 Å². The first-order chi connectivity index (χ1) is 11.8. The molecule has 2 rings (SSSR count). The van der Waals surface area contributed by atoms with Crippen molar-refractivity contribution in [2.75, 3.05) is 6.54 Å². The second-order valence-corrected chi connectivity index (χ2v) is 8.03. The molecule has 2 aromatic heterocycles. The van der Waals surface area contributed by atoms with Crippen molar-refractivity contribution < 1.29 is 9.59 Å². The van der Waals surface area contributed by atoms with E-state index in [2.05, 4.69) is 15.6 Å². The van der Waals surface area contributed by atoms with E-state index >= 15 is 0 Å². The van der Waals surface area contributed by atoms with Crippen LogP contribution in [-0.4, -0.2) is 33.3 Å². The molecule has 136 valence electrons. The molecule has 2 heterocycles. The van der Waals surface area contributed by atoms with E-state index in [1.165, 1.54) is 23.1 Å². The number of thioether (sulfide) groups is 1. The van der Waals surface area contributed by atoms with Crippen molar-refractivity contribution >= 4 is 45.3 Å². The van der Waals surface area contributed by atoms with Crippen molar-refractivity contribution in [3.63, 3.8) is 0 Å². The third-order valence-electron chi connectivity index (χ3n) is 3.80. The predicted molar refractivity (Wildman–Crippen MR) is 102 cm³/mol. The third kappa shape index (κ3) is 4.04. The highest BCUT2D eigenvalue weighted by Crippen LogP contribution is 2.29. The zero-order chi connectivity index (χ0) is 18.7. The quantitative estimate of drug-likeness (QED) is 0.612. The Morgan fingerprint density at radius 2 is 2.00 bits per heavy atom. The number of hydrogen-bond donors (Lipinski definition) is 2. The summed E-state index contributed by atoms with van der Waals surface area (Å²) >= 11 is 2.65. The maximum Gasteiger partial charge on any atom is 0.321 e. The zero-order valence-corrected chi connectivity index (χ0v) is 16.6. The van der Waals surface area contributed by atoms with Crippen LogP contribution in [0.15, 0.2) is 9.95 Å². The van der Waals surface area contributed by atoms with Crippen LogP contribution in [0, 0.1) is 13.8 Å². The molecule has 0 saturated heterocycles. The zero-order valence-electron chi connectivity index (χ0n) is 14.9. The number of aromatic nitrogens is 2. The molecule has 0 aliphatic heterocycles. The number of carbonyl (C=O) groups is 2. The Morgan fingerprint density at radius 3 is 2.60 bits per heavy atom. The lowest BCUT2D eigenvalue weighted by atomic mass is 10.2. The van der Waals surface area contributed by atoms with E-state index in [4.69, 9.17) is 0 Å². The van der Waals surface area contributed by atoms with E-state index < -0.39 is 17.2 Å². The van der Waals surface area contributed by atoms with Gasteiger partial charge in [0.15, 0.2) is 5.16 Å². The van der Waals surface area contributed by atoms with Crippen molar-refractivity contribution in [3.05, 3.63) is 20.8 Å². The molecule has 0 radical (unpaired) electrons. The van der Waals surface area contributed by atoms with Crippen LogP contribution in [0.3, 0.4) is 0 Å². The van der Waals surface area contributed by atoms with E-state index in [1.807, 2.05) is 20.8 Å². The fourth-order valence-corrected chi connectivity index (χ4v) is 4.35. The van der Waals surface area contributed by atoms with Crippen LogP contribution >= 0.6 is 23.1 Å². The fraction of sp³-hybridized carbons (Fsp3) is 0.500. The summed E-state index contributed by atoms with van der Waals surface area (Å²) in [6, 6.07) is -0.527. The van der Waals surface area contributed by atoms with Crippen LogP contribution in [0.25, 0.3) is 10.2 Å². The van der Waals surface area contributed by atoms with Crippen molar-refractivity contribution in [3.8, 4) is 0 Å². The molecular formula is C16H22N4O3S2. The number of carbonyl (C=O) groups excluding carboxylic acids is 2. The van der Waals surface area contributed by atoms with Gasteiger partial charge < -0.3 is 5.32 Å². The van der Waals surface area contributed by atoms with Crippen LogP contribution in [0.4, 0.5) is 4.79 Å². The molecule has 1 unspecified atom stereocenters. The lowest BCUT2D eigenvalue weighted by Gasteiger charge is -2.14. The number of urea groups is 1. The maximum atomic E-state index is 12.8. The number of amides is 3. The topological polar surface area (TPSA) is 93.1 Å². The van der Waals surface area contributed by atoms with Gasteiger partial charge >= 0.3 is 6.03 Å². The van der Waals surface area contributed by atoms with Crippen molar-refractivity contribution in [1.29, 1.82) is 0 Å². The molecule has 25 heavy (non-hydrogen) atoms. The minimum absolute atomic E-state index is 0.0896. The first kappa shape index (κ1) is 19.5. The van der Waals surface area contributed by atoms with Gasteiger partial charge in [-0.25, -0.2) is 9.78 Å². The molecule has 7 nitrogen and oxygen atoms in total. The average Bonchev–Trinajstić information content (AvgIpc) is 2.82. The van der Waals surface area contributed by atoms with Crippen LogP contribution in [0.5, 0.6) is 0 Å². The lowest BCUT2D eigenvalue weighted by Crippen LogP contribution is -2.42. The van der Waals surface area contributed by atoms with Crippen LogP contribution in [0.1, 0.15) is 31.2 Å². The number of hydrogen-bond acceptors (Lipinski definition) is 6. The summed E-state index contributed by atoms with van der Waals surface area (Å²) in [6.45, 7) is 10.1. The van der Waals surface area contributed by atoms with Gasteiger partial charge in [0.05, 0.1) is 10.6 Å².